The van der Waals surface area contributed by atoms with Gasteiger partial charge in [-0.25, -0.2) is 4.98 Å². The second-order valence-electron chi connectivity index (χ2n) is 4.43. The van der Waals surface area contributed by atoms with E-state index in [0.717, 1.165) is 11.1 Å². The lowest BCUT2D eigenvalue weighted by atomic mass is 10.0. The number of rotatable bonds is 2. The molecule has 6 heteroatoms. The number of hydrogen-bond donors (Lipinski definition) is 0. The van der Waals surface area contributed by atoms with Gasteiger partial charge in [0.2, 0.25) is 0 Å². The van der Waals surface area contributed by atoms with Crippen molar-refractivity contribution in [1.82, 2.24) is 4.98 Å². The molecule has 0 aliphatic rings. The topological polar surface area (TPSA) is 56.0 Å². The molecule has 0 amide bonds. The largest absolute Gasteiger partial charge is 0.270 e. The van der Waals surface area contributed by atoms with Crippen molar-refractivity contribution in [3.05, 3.63) is 68.8 Å². The molecule has 0 aliphatic carbocycles. The Morgan fingerprint density at radius 2 is 1.76 bits per heavy atom. The lowest BCUT2D eigenvalue weighted by Gasteiger charge is -2.09. The van der Waals surface area contributed by atoms with E-state index in [9.17, 15) is 10.1 Å². The minimum atomic E-state index is -0.440. The van der Waals surface area contributed by atoms with Crippen LogP contribution >= 0.6 is 23.2 Å². The normalized spacial score (nSPS) is 10.8. The van der Waals surface area contributed by atoms with Crippen LogP contribution in [0.15, 0.2) is 48.5 Å². The first kappa shape index (κ1) is 13.8. The molecular formula is C15H8Cl2N2O2. The highest BCUT2D eigenvalue weighted by Gasteiger charge is 2.13. The highest BCUT2D eigenvalue weighted by atomic mass is 35.5. The van der Waals surface area contributed by atoms with Gasteiger partial charge in [0, 0.05) is 28.1 Å². The number of halogens is 2. The highest BCUT2D eigenvalue weighted by molar-refractivity contribution is 6.34. The number of non-ortho nitro benzene ring substituents is 1. The van der Waals surface area contributed by atoms with Crippen LogP contribution in [0.25, 0.3) is 22.0 Å². The second-order valence-corrected chi connectivity index (χ2v) is 5.23. The molecule has 0 radical (unpaired) electrons. The summed E-state index contributed by atoms with van der Waals surface area (Å²) < 4.78 is 0. The molecule has 0 atom stereocenters. The van der Waals surface area contributed by atoms with Crippen molar-refractivity contribution >= 4 is 39.8 Å². The molecule has 21 heavy (non-hydrogen) atoms. The van der Waals surface area contributed by atoms with Crippen LogP contribution in [-0.4, -0.2) is 9.91 Å². The van der Waals surface area contributed by atoms with E-state index in [1.165, 1.54) is 12.1 Å². The molecule has 3 rings (SSSR count). The molecular weight excluding hydrogens is 311 g/mol. The van der Waals surface area contributed by atoms with Crippen molar-refractivity contribution in [1.29, 1.82) is 0 Å². The van der Waals surface area contributed by atoms with Crippen LogP contribution in [0, 0.1) is 10.1 Å². The van der Waals surface area contributed by atoms with Crippen molar-refractivity contribution in [2.45, 2.75) is 0 Å². The SMILES string of the molecule is O=[N+]([O-])c1ccc2nc(Cl)cc(-c3ccccc3Cl)c2c1. The fourth-order valence-electron chi connectivity index (χ4n) is 2.20. The molecule has 0 N–H and O–H groups in total. The van der Waals surface area contributed by atoms with Gasteiger partial charge in [0.25, 0.3) is 5.69 Å². The van der Waals surface area contributed by atoms with Gasteiger partial charge < -0.3 is 0 Å². The van der Waals surface area contributed by atoms with Crippen LogP contribution in [0.4, 0.5) is 5.69 Å². The van der Waals surface area contributed by atoms with Crippen LogP contribution in [0.3, 0.4) is 0 Å². The summed E-state index contributed by atoms with van der Waals surface area (Å²) in [5, 5.41) is 12.5. The zero-order chi connectivity index (χ0) is 15.0. The zero-order valence-corrected chi connectivity index (χ0v) is 12.1. The van der Waals surface area contributed by atoms with Gasteiger partial charge in [-0.1, -0.05) is 41.4 Å². The molecule has 1 aromatic heterocycles. The van der Waals surface area contributed by atoms with Gasteiger partial charge in [-0.3, -0.25) is 10.1 Å². The quantitative estimate of drug-likeness (QED) is 0.374. The van der Waals surface area contributed by atoms with E-state index in [1.807, 2.05) is 18.2 Å². The van der Waals surface area contributed by atoms with E-state index in [4.69, 9.17) is 23.2 Å². The van der Waals surface area contributed by atoms with Crippen molar-refractivity contribution in [3.63, 3.8) is 0 Å². The second kappa shape index (κ2) is 5.31. The first-order chi connectivity index (χ1) is 10.1. The third kappa shape index (κ3) is 2.55. The summed E-state index contributed by atoms with van der Waals surface area (Å²) in [6.07, 6.45) is 0. The molecule has 0 bridgehead atoms. The van der Waals surface area contributed by atoms with E-state index in [2.05, 4.69) is 4.98 Å². The predicted molar refractivity (Wildman–Crippen MR) is 83.9 cm³/mol. The van der Waals surface area contributed by atoms with E-state index < -0.39 is 4.92 Å². The Kier molecular flexibility index (Phi) is 3.49. The zero-order valence-electron chi connectivity index (χ0n) is 10.6. The van der Waals surface area contributed by atoms with Gasteiger partial charge in [-0.2, -0.15) is 0 Å². The van der Waals surface area contributed by atoms with Crippen molar-refractivity contribution in [2.24, 2.45) is 0 Å². The van der Waals surface area contributed by atoms with E-state index >= 15 is 0 Å². The third-order valence-electron chi connectivity index (χ3n) is 3.14. The van der Waals surface area contributed by atoms with Gasteiger partial charge >= 0.3 is 0 Å². The van der Waals surface area contributed by atoms with Gasteiger partial charge in [0.15, 0.2) is 0 Å². The summed E-state index contributed by atoms with van der Waals surface area (Å²) in [4.78, 5) is 14.7. The number of benzene rings is 2. The van der Waals surface area contributed by atoms with E-state index in [1.54, 1.807) is 18.2 Å². The predicted octanol–water partition coefficient (Wildman–Crippen LogP) is 5.12. The van der Waals surface area contributed by atoms with Crippen molar-refractivity contribution in [3.8, 4) is 11.1 Å². The van der Waals surface area contributed by atoms with E-state index in [-0.39, 0.29) is 5.69 Å². The lowest BCUT2D eigenvalue weighted by Crippen LogP contribution is -1.91. The smallest absolute Gasteiger partial charge is 0.258 e. The molecule has 0 unspecified atom stereocenters. The Bertz CT molecular complexity index is 865. The number of nitro groups is 1. The molecule has 1 heterocycles. The number of aromatic nitrogens is 1. The van der Waals surface area contributed by atoms with Crippen molar-refractivity contribution in [2.75, 3.05) is 0 Å². The Morgan fingerprint density at radius 3 is 2.48 bits per heavy atom. The molecule has 0 spiro atoms. The van der Waals surface area contributed by atoms with Crippen LogP contribution in [0.5, 0.6) is 0 Å². The van der Waals surface area contributed by atoms with Gasteiger partial charge in [-0.15, -0.1) is 0 Å². The Morgan fingerprint density at radius 1 is 1.00 bits per heavy atom. The maximum atomic E-state index is 11.0. The standard InChI is InChI=1S/C15H8Cl2N2O2/c16-13-4-2-1-3-10(13)11-8-15(17)18-14-6-5-9(19(20)21)7-12(11)14/h1-8H. The monoisotopic (exact) mass is 318 g/mol. The number of nitrogens with zero attached hydrogens (tertiary/aromatic N) is 2. The summed E-state index contributed by atoms with van der Waals surface area (Å²) in [5.74, 6) is 0. The maximum Gasteiger partial charge on any atom is 0.270 e. The average molecular weight is 319 g/mol. The Labute approximate surface area is 130 Å². The summed E-state index contributed by atoms with van der Waals surface area (Å²) in [6, 6.07) is 13.4. The Hall–Kier alpha value is -2.17. The highest BCUT2D eigenvalue weighted by Crippen LogP contribution is 2.35. The van der Waals surface area contributed by atoms with E-state index in [0.29, 0.717) is 21.1 Å². The number of pyridine rings is 1. The molecule has 0 fully saturated rings. The van der Waals surface area contributed by atoms with Gasteiger partial charge in [0.1, 0.15) is 5.15 Å². The van der Waals surface area contributed by atoms with Gasteiger partial charge in [0.05, 0.1) is 10.4 Å². The average Bonchev–Trinajstić information content (AvgIpc) is 2.46. The first-order valence-electron chi connectivity index (χ1n) is 6.06. The number of fused-ring (bicyclic) bond motifs is 1. The lowest BCUT2D eigenvalue weighted by molar-refractivity contribution is -0.384. The summed E-state index contributed by atoms with van der Waals surface area (Å²) in [6.45, 7) is 0. The Balaban J connectivity index is 2.37. The summed E-state index contributed by atoms with van der Waals surface area (Å²) in [7, 11) is 0. The molecule has 104 valence electrons. The molecule has 4 nitrogen and oxygen atoms in total. The first-order valence-corrected chi connectivity index (χ1v) is 6.81. The van der Waals surface area contributed by atoms with Crippen LogP contribution in [-0.2, 0) is 0 Å². The number of hydrogen-bond acceptors (Lipinski definition) is 3. The van der Waals surface area contributed by atoms with Crippen LogP contribution in [0.2, 0.25) is 10.2 Å². The maximum absolute atomic E-state index is 11.0. The molecule has 2 aromatic carbocycles. The van der Waals surface area contributed by atoms with Crippen LogP contribution in [0.1, 0.15) is 0 Å². The fourth-order valence-corrected chi connectivity index (χ4v) is 2.64. The molecule has 3 aromatic rings. The molecule has 0 saturated carbocycles. The fraction of sp³-hybridized carbons (Fsp3) is 0. The molecule has 0 saturated heterocycles. The minimum absolute atomic E-state index is 0.0000685. The number of nitro benzene ring substituents is 1. The summed E-state index contributed by atoms with van der Waals surface area (Å²) >= 11 is 12.3. The minimum Gasteiger partial charge on any atom is -0.258 e. The van der Waals surface area contributed by atoms with Gasteiger partial charge in [-0.05, 0) is 23.8 Å². The van der Waals surface area contributed by atoms with Crippen molar-refractivity contribution < 1.29 is 4.92 Å². The summed E-state index contributed by atoms with van der Waals surface area (Å²) in [5.41, 5.74) is 2.07. The molecule has 0 aliphatic heterocycles. The van der Waals surface area contributed by atoms with Crippen LogP contribution < -0.4 is 0 Å². The third-order valence-corrected chi connectivity index (χ3v) is 3.66.